The van der Waals surface area contributed by atoms with Gasteiger partial charge in [-0.25, -0.2) is 0 Å². The molecule has 1 aliphatic heterocycles. The van der Waals surface area contributed by atoms with Crippen LogP contribution in [0, 0.1) is 0 Å². The van der Waals surface area contributed by atoms with E-state index in [1.165, 1.54) is 4.90 Å². The van der Waals surface area contributed by atoms with Gasteiger partial charge in [-0.15, -0.1) is 0 Å². The fraction of sp³-hybridized carbons (Fsp3) is 0.429. The molecule has 0 unspecified atom stereocenters. The van der Waals surface area contributed by atoms with Crippen LogP contribution in [0.15, 0.2) is 12.1 Å². The highest BCUT2D eigenvalue weighted by Gasteiger charge is 2.39. The molecule has 1 aromatic carbocycles. The molecule has 0 radical (unpaired) electrons. The zero-order valence-corrected chi connectivity index (χ0v) is 13.0. The quantitative estimate of drug-likeness (QED) is 0.785. The summed E-state index contributed by atoms with van der Waals surface area (Å²) in [6.07, 6.45) is 0. The molecule has 2 rings (SSSR count). The van der Waals surface area contributed by atoms with Gasteiger partial charge < -0.3 is 9.80 Å². The first kappa shape index (κ1) is 15.3. The Hall–Kier alpha value is -1.10. The van der Waals surface area contributed by atoms with Crippen molar-refractivity contribution in [2.45, 2.75) is 13.8 Å². The maximum absolute atomic E-state index is 12.1. The molecule has 0 atom stereocenters. The highest BCUT2D eigenvalue weighted by atomic mass is 35.5. The van der Waals surface area contributed by atoms with Gasteiger partial charge in [0.2, 0.25) is 0 Å². The Morgan fingerprint density at radius 3 is 2.30 bits per heavy atom. The molecular weight excluding hydrogens is 299 g/mol. The number of carbonyl (C=O) groups excluding carboxylic acids is 2. The molecule has 1 aromatic rings. The van der Waals surface area contributed by atoms with E-state index in [0.717, 1.165) is 13.1 Å². The van der Waals surface area contributed by atoms with E-state index in [9.17, 15) is 9.59 Å². The number of anilines is 1. The Morgan fingerprint density at radius 1 is 1.10 bits per heavy atom. The topological polar surface area (TPSA) is 40.6 Å². The normalized spacial score (nSPS) is 14.3. The van der Waals surface area contributed by atoms with E-state index in [1.54, 1.807) is 12.1 Å². The molecule has 0 saturated carbocycles. The molecule has 0 N–H and O–H groups in total. The number of hydrogen-bond donors (Lipinski definition) is 0. The zero-order chi connectivity index (χ0) is 14.9. The number of likely N-dealkylation sites (N-methyl/N-ethyl adjacent to an activating group) is 1. The molecule has 0 saturated heterocycles. The predicted molar refractivity (Wildman–Crippen MR) is 80.9 cm³/mol. The summed E-state index contributed by atoms with van der Waals surface area (Å²) in [4.78, 5) is 27.7. The lowest BCUT2D eigenvalue weighted by Gasteiger charge is -2.23. The molecule has 0 bridgehead atoms. The summed E-state index contributed by atoms with van der Waals surface area (Å²) >= 11 is 12.1. The predicted octanol–water partition coefficient (Wildman–Crippen LogP) is 2.86. The van der Waals surface area contributed by atoms with Crippen LogP contribution in [0.5, 0.6) is 0 Å². The number of ketones is 1. The van der Waals surface area contributed by atoms with Crippen LogP contribution >= 0.6 is 23.2 Å². The molecule has 1 amide bonds. The Morgan fingerprint density at radius 2 is 1.70 bits per heavy atom. The van der Waals surface area contributed by atoms with Crippen molar-refractivity contribution in [1.82, 2.24) is 4.90 Å². The number of benzene rings is 1. The zero-order valence-electron chi connectivity index (χ0n) is 11.4. The molecule has 0 aromatic heterocycles. The van der Waals surface area contributed by atoms with Crippen LogP contribution in [0.1, 0.15) is 24.2 Å². The first-order valence-electron chi connectivity index (χ1n) is 6.57. The number of carbonyl (C=O) groups is 2. The fourth-order valence-corrected chi connectivity index (χ4v) is 2.84. The number of Topliss-reactive ketones (excluding diaryl/α,β-unsaturated/α-hetero) is 1. The highest BCUT2D eigenvalue weighted by Crippen LogP contribution is 2.39. The van der Waals surface area contributed by atoms with Crippen molar-refractivity contribution in [1.29, 1.82) is 0 Å². The summed E-state index contributed by atoms with van der Waals surface area (Å²) in [6.45, 7) is 7.01. The van der Waals surface area contributed by atoms with Crippen molar-refractivity contribution in [3.05, 3.63) is 27.7 Å². The average molecular weight is 315 g/mol. The van der Waals surface area contributed by atoms with Gasteiger partial charge in [0.15, 0.2) is 0 Å². The second-order valence-corrected chi connectivity index (χ2v) is 5.38. The molecule has 6 heteroatoms. The third kappa shape index (κ3) is 2.55. The van der Waals surface area contributed by atoms with Crippen molar-refractivity contribution in [2.75, 3.05) is 31.1 Å². The van der Waals surface area contributed by atoms with Crippen LogP contribution in [0.4, 0.5) is 5.69 Å². The number of amides is 1. The molecular formula is C14H16Cl2N2O2. The molecule has 0 aliphatic carbocycles. The van der Waals surface area contributed by atoms with Crippen molar-refractivity contribution in [2.24, 2.45) is 0 Å². The molecule has 108 valence electrons. The second-order valence-electron chi connectivity index (χ2n) is 4.57. The first-order chi connectivity index (χ1) is 9.51. The summed E-state index contributed by atoms with van der Waals surface area (Å²) in [5.41, 5.74) is 0.671. The number of halogens is 2. The average Bonchev–Trinajstić information content (AvgIpc) is 2.70. The van der Waals surface area contributed by atoms with Crippen molar-refractivity contribution in [3.63, 3.8) is 0 Å². The van der Waals surface area contributed by atoms with Crippen molar-refractivity contribution < 1.29 is 9.59 Å². The maximum Gasteiger partial charge on any atom is 0.299 e. The van der Waals surface area contributed by atoms with Gasteiger partial charge in [-0.2, -0.15) is 0 Å². The molecule has 20 heavy (non-hydrogen) atoms. The van der Waals surface area contributed by atoms with Gasteiger partial charge in [0.25, 0.3) is 11.7 Å². The minimum Gasteiger partial charge on any atom is -0.302 e. The van der Waals surface area contributed by atoms with Gasteiger partial charge in [-0.3, -0.25) is 9.59 Å². The molecule has 1 aliphatic rings. The van der Waals surface area contributed by atoms with Gasteiger partial charge in [-0.1, -0.05) is 37.0 Å². The monoisotopic (exact) mass is 314 g/mol. The van der Waals surface area contributed by atoms with Crippen molar-refractivity contribution >= 4 is 40.6 Å². The van der Waals surface area contributed by atoms with Gasteiger partial charge >= 0.3 is 0 Å². The summed E-state index contributed by atoms with van der Waals surface area (Å²) in [5.74, 6) is -1.13. The number of fused-ring (bicyclic) bond motifs is 1. The lowest BCUT2D eigenvalue weighted by atomic mass is 10.1. The SMILES string of the molecule is CCN(CC)CCN1C(=O)C(=O)c2c(Cl)ccc(Cl)c21. The largest absolute Gasteiger partial charge is 0.302 e. The minimum atomic E-state index is -0.577. The Bertz CT molecular complexity index is 556. The molecule has 0 fully saturated rings. The molecule has 0 spiro atoms. The number of rotatable bonds is 5. The van der Waals surface area contributed by atoms with Crippen molar-refractivity contribution in [3.8, 4) is 0 Å². The number of nitrogens with zero attached hydrogens (tertiary/aromatic N) is 2. The van der Waals surface area contributed by atoms with Crippen LogP contribution in [0.25, 0.3) is 0 Å². The van der Waals surface area contributed by atoms with E-state index >= 15 is 0 Å². The van der Waals surface area contributed by atoms with Crippen LogP contribution in [0.2, 0.25) is 10.0 Å². The highest BCUT2D eigenvalue weighted by molar-refractivity contribution is 6.56. The van der Waals surface area contributed by atoms with E-state index in [4.69, 9.17) is 23.2 Å². The summed E-state index contributed by atoms with van der Waals surface area (Å²) in [5, 5.41) is 0.649. The van der Waals surface area contributed by atoms with Crippen LogP contribution in [-0.4, -0.2) is 42.8 Å². The lowest BCUT2D eigenvalue weighted by molar-refractivity contribution is -0.114. The van der Waals surface area contributed by atoms with Gasteiger partial charge in [0, 0.05) is 13.1 Å². The fourth-order valence-electron chi connectivity index (χ4n) is 2.35. The molecule has 1 heterocycles. The summed E-state index contributed by atoms with van der Waals surface area (Å²) < 4.78 is 0. The van der Waals surface area contributed by atoms with Gasteiger partial charge in [0.05, 0.1) is 21.3 Å². The van der Waals surface area contributed by atoms with Crippen LogP contribution in [0.3, 0.4) is 0 Å². The Balaban J connectivity index is 2.31. The van der Waals surface area contributed by atoms with Crippen LogP contribution < -0.4 is 4.90 Å². The van der Waals surface area contributed by atoms with E-state index < -0.39 is 11.7 Å². The van der Waals surface area contributed by atoms with Gasteiger partial charge in [-0.05, 0) is 25.2 Å². The van der Waals surface area contributed by atoms with Crippen LogP contribution in [-0.2, 0) is 4.79 Å². The third-order valence-electron chi connectivity index (χ3n) is 3.55. The summed E-state index contributed by atoms with van der Waals surface area (Å²) in [7, 11) is 0. The lowest BCUT2D eigenvalue weighted by Crippen LogP contribution is -2.38. The minimum absolute atomic E-state index is 0.226. The first-order valence-corrected chi connectivity index (χ1v) is 7.33. The maximum atomic E-state index is 12.1. The smallest absolute Gasteiger partial charge is 0.299 e. The second kappa shape index (κ2) is 6.12. The van der Waals surface area contributed by atoms with E-state index in [2.05, 4.69) is 18.7 Å². The summed E-state index contributed by atoms with van der Waals surface area (Å²) in [6, 6.07) is 3.15. The van der Waals surface area contributed by atoms with Gasteiger partial charge in [0.1, 0.15) is 0 Å². The third-order valence-corrected chi connectivity index (χ3v) is 4.17. The van der Waals surface area contributed by atoms with E-state index in [-0.39, 0.29) is 10.6 Å². The Labute approximate surface area is 128 Å². The van der Waals surface area contributed by atoms with E-state index in [0.29, 0.717) is 23.8 Å². The molecule has 4 nitrogen and oxygen atoms in total. The van der Waals surface area contributed by atoms with E-state index in [1.807, 2.05) is 0 Å². The Kier molecular flexibility index (Phi) is 4.68. The standard InChI is InChI=1S/C14H16Cl2N2O2/c1-3-17(4-2)7-8-18-12-10(16)6-5-9(15)11(12)13(19)14(18)20/h5-6H,3-4,7-8H2,1-2H3. The number of hydrogen-bond acceptors (Lipinski definition) is 3.